The second kappa shape index (κ2) is 13.6. The van der Waals surface area contributed by atoms with E-state index in [9.17, 15) is 44.3 Å². The summed E-state index contributed by atoms with van der Waals surface area (Å²) in [4.78, 5) is 22.9. The van der Waals surface area contributed by atoms with E-state index in [4.69, 9.17) is 0 Å². The number of hydrogen-bond acceptors (Lipinski definition) is 7. The molecule has 0 aliphatic carbocycles. The molecule has 1 saturated heterocycles. The maximum Gasteiger partial charge on any atom is 0.416 e. The van der Waals surface area contributed by atoms with Gasteiger partial charge in [0.15, 0.2) is 0 Å². The monoisotopic (exact) mass is 700 g/mol. The van der Waals surface area contributed by atoms with Gasteiger partial charge in [-0.3, -0.25) is 14.6 Å². The minimum Gasteiger partial charge on any atom is -0.330 e. The second-order valence-corrected chi connectivity index (χ2v) is 11.4. The van der Waals surface area contributed by atoms with Crippen LogP contribution in [0.15, 0.2) is 60.8 Å². The first-order valence-electron chi connectivity index (χ1n) is 14.9. The van der Waals surface area contributed by atoms with Gasteiger partial charge >= 0.3 is 18.5 Å². The van der Waals surface area contributed by atoms with Crippen LogP contribution in [0.2, 0.25) is 0 Å². The molecule has 1 atom stereocenters. The molecule has 0 radical (unpaired) electrons. The number of hydrogen-bond donors (Lipinski definition) is 0. The molecule has 1 aliphatic heterocycles. The standard InChI is InChI=1S/C31H29F9N8O/c1-3-25(46-10-11-48(27(49)18-46)26-6-4-5-9-41-26)24-8-7-21(29(32,33)34)14-20(24)17-47(28-42-44-45(2)43-28)16-19-12-22(30(35,36)37)15-23(13-19)31(38,39)40/h4-9,12-15,25H,3,10-11,16-18H2,1-2H3. The molecule has 0 spiro atoms. The Morgan fingerprint density at radius 3 is 2.04 bits per heavy atom. The van der Waals surface area contributed by atoms with Crippen LogP contribution in [0.5, 0.6) is 0 Å². The Bertz CT molecular complexity index is 1740. The first-order valence-corrected chi connectivity index (χ1v) is 14.9. The highest BCUT2D eigenvalue weighted by atomic mass is 19.4. The van der Waals surface area contributed by atoms with E-state index < -0.39 is 59.9 Å². The molecule has 1 unspecified atom stereocenters. The number of alkyl halides is 9. The number of carbonyl (C=O) groups is 1. The van der Waals surface area contributed by atoms with Gasteiger partial charge in [-0.05, 0) is 70.8 Å². The van der Waals surface area contributed by atoms with Gasteiger partial charge in [-0.1, -0.05) is 24.2 Å². The van der Waals surface area contributed by atoms with Gasteiger partial charge < -0.3 is 4.90 Å². The van der Waals surface area contributed by atoms with Crippen LogP contribution in [0.3, 0.4) is 0 Å². The van der Waals surface area contributed by atoms with Gasteiger partial charge in [0.2, 0.25) is 5.91 Å². The van der Waals surface area contributed by atoms with E-state index in [0.29, 0.717) is 36.5 Å². The lowest BCUT2D eigenvalue weighted by Gasteiger charge is -2.39. The quantitative estimate of drug-likeness (QED) is 0.181. The first-order chi connectivity index (χ1) is 22.9. The predicted octanol–water partition coefficient (Wildman–Crippen LogP) is 6.67. The van der Waals surface area contributed by atoms with E-state index in [2.05, 4.69) is 20.4 Å². The molecule has 0 saturated carbocycles. The average Bonchev–Trinajstić information content (AvgIpc) is 3.47. The number of tetrazole rings is 1. The molecule has 5 rings (SSSR count). The fourth-order valence-electron chi connectivity index (χ4n) is 5.77. The average molecular weight is 701 g/mol. The van der Waals surface area contributed by atoms with Crippen molar-refractivity contribution in [1.82, 2.24) is 30.1 Å². The number of amides is 1. The smallest absolute Gasteiger partial charge is 0.330 e. The van der Waals surface area contributed by atoms with Crippen molar-refractivity contribution < 1.29 is 44.3 Å². The highest BCUT2D eigenvalue weighted by molar-refractivity contribution is 5.94. The third-order valence-electron chi connectivity index (χ3n) is 8.00. The number of halogens is 9. The fraction of sp³-hybridized carbons (Fsp3) is 0.387. The number of benzene rings is 2. The summed E-state index contributed by atoms with van der Waals surface area (Å²) in [5.74, 6) is -0.0814. The van der Waals surface area contributed by atoms with Crippen LogP contribution < -0.4 is 9.80 Å². The van der Waals surface area contributed by atoms with Crippen LogP contribution in [0, 0.1) is 0 Å². The molecular formula is C31H29F9N8O. The molecule has 262 valence electrons. The number of anilines is 2. The highest BCUT2D eigenvalue weighted by Crippen LogP contribution is 2.38. The summed E-state index contributed by atoms with van der Waals surface area (Å²) in [5, 5.41) is 11.6. The molecule has 2 aromatic heterocycles. The largest absolute Gasteiger partial charge is 0.416 e. The molecular weight excluding hydrogens is 671 g/mol. The lowest BCUT2D eigenvalue weighted by Crippen LogP contribution is -2.51. The maximum absolute atomic E-state index is 14.0. The van der Waals surface area contributed by atoms with Crippen molar-refractivity contribution in [2.75, 3.05) is 29.4 Å². The van der Waals surface area contributed by atoms with Crippen molar-refractivity contribution in [3.8, 4) is 0 Å². The van der Waals surface area contributed by atoms with E-state index in [-0.39, 0.29) is 36.6 Å². The summed E-state index contributed by atoms with van der Waals surface area (Å²) >= 11 is 0. The number of aromatic nitrogens is 5. The molecule has 9 nitrogen and oxygen atoms in total. The molecule has 49 heavy (non-hydrogen) atoms. The molecule has 3 heterocycles. The summed E-state index contributed by atoms with van der Waals surface area (Å²) < 4.78 is 124. The minimum absolute atomic E-state index is 0.0138. The van der Waals surface area contributed by atoms with Gasteiger partial charge in [-0.25, -0.2) is 4.98 Å². The third kappa shape index (κ3) is 8.29. The van der Waals surface area contributed by atoms with Crippen LogP contribution in [-0.4, -0.2) is 55.6 Å². The summed E-state index contributed by atoms with van der Waals surface area (Å²) in [7, 11) is 1.37. The molecule has 2 aromatic carbocycles. The zero-order valence-electron chi connectivity index (χ0n) is 26.0. The topological polar surface area (TPSA) is 83.3 Å². The Balaban J connectivity index is 1.54. The van der Waals surface area contributed by atoms with Gasteiger partial charge in [0.25, 0.3) is 5.95 Å². The van der Waals surface area contributed by atoms with Crippen molar-refractivity contribution in [1.29, 1.82) is 0 Å². The molecule has 1 aliphatic rings. The van der Waals surface area contributed by atoms with E-state index in [1.807, 2.05) is 0 Å². The highest BCUT2D eigenvalue weighted by Gasteiger charge is 2.38. The molecule has 1 fully saturated rings. The van der Waals surface area contributed by atoms with Gasteiger partial charge in [-0.2, -0.15) is 44.3 Å². The Kier molecular flexibility index (Phi) is 9.90. The number of carbonyl (C=O) groups excluding carboxylic acids is 1. The van der Waals surface area contributed by atoms with Crippen molar-refractivity contribution >= 4 is 17.7 Å². The van der Waals surface area contributed by atoms with E-state index in [1.165, 1.54) is 18.0 Å². The van der Waals surface area contributed by atoms with Crippen molar-refractivity contribution in [2.24, 2.45) is 7.05 Å². The van der Waals surface area contributed by atoms with Crippen molar-refractivity contribution in [3.63, 3.8) is 0 Å². The van der Waals surface area contributed by atoms with Crippen molar-refractivity contribution in [3.05, 3.63) is 94.2 Å². The van der Waals surface area contributed by atoms with Crippen LogP contribution in [0.1, 0.15) is 52.8 Å². The number of piperazine rings is 1. The van der Waals surface area contributed by atoms with Crippen LogP contribution in [0.4, 0.5) is 51.3 Å². The Morgan fingerprint density at radius 2 is 1.51 bits per heavy atom. The normalized spacial score (nSPS) is 15.5. The number of pyridine rings is 1. The lowest BCUT2D eigenvalue weighted by atomic mass is 9.93. The minimum atomic E-state index is -5.12. The van der Waals surface area contributed by atoms with E-state index in [0.717, 1.165) is 21.8 Å². The Hall–Kier alpha value is -4.74. The summed E-state index contributed by atoms with van der Waals surface area (Å²) in [5.41, 5.74) is -4.14. The molecule has 0 bridgehead atoms. The van der Waals surface area contributed by atoms with Gasteiger partial charge in [0.1, 0.15) is 5.82 Å². The summed E-state index contributed by atoms with van der Waals surface area (Å²) in [6.45, 7) is 1.17. The van der Waals surface area contributed by atoms with Crippen LogP contribution in [-0.2, 0) is 43.5 Å². The lowest BCUT2D eigenvalue weighted by molar-refractivity contribution is -0.143. The first kappa shape index (κ1) is 35.6. The SMILES string of the molecule is CCC(c1ccc(C(F)(F)F)cc1CN(Cc1cc(C(F)(F)F)cc(C(F)(F)F)c1)c1nnn(C)n1)N1CCN(c2ccccn2)C(=O)C1. The maximum atomic E-state index is 14.0. The Labute approximate surface area is 273 Å². The number of aryl methyl sites for hydroxylation is 1. The zero-order chi connectivity index (χ0) is 35.7. The third-order valence-corrected chi connectivity index (χ3v) is 8.00. The summed E-state index contributed by atoms with van der Waals surface area (Å²) in [6.07, 6.45) is -13.1. The van der Waals surface area contributed by atoms with E-state index >= 15 is 0 Å². The molecule has 1 amide bonds. The second-order valence-electron chi connectivity index (χ2n) is 11.4. The molecule has 0 N–H and O–H groups in total. The number of rotatable bonds is 9. The molecule has 4 aromatic rings. The van der Waals surface area contributed by atoms with E-state index in [1.54, 1.807) is 36.2 Å². The molecule has 18 heteroatoms. The van der Waals surface area contributed by atoms with Crippen molar-refractivity contribution in [2.45, 2.75) is 51.0 Å². The van der Waals surface area contributed by atoms with Gasteiger partial charge in [0.05, 0.1) is 30.3 Å². The zero-order valence-corrected chi connectivity index (χ0v) is 26.0. The van der Waals surface area contributed by atoms with Gasteiger partial charge in [-0.15, -0.1) is 5.10 Å². The summed E-state index contributed by atoms with van der Waals surface area (Å²) in [6, 6.07) is 8.61. The Morgan fingerprint density at radius 1 is 0.837 bits per heavy atom. The van der Waals surface area contributed by atoms with Gasteiger partial charge in [0, 0.05) is 38.4 Å². The van der Waals surface area contributed by atoms with Crippen LogP contribution in [0.25, 0.3) is 0 Å². The predicted molar refractivity (Wildman–Crippen MR) is 158 cm³/mol. The number of nitrogens with zero attached hydrogens (tertiary/aromatic N) is 8. The van der Waals surface area contributed by atoms with Crippen LogP contribution >= 0.6 is 0 Å². The fourth-order valence-corrected chi connectivity index (χ4v) is 5.77.